The largest absolute Gasteiger partial charge is 0.326 e. The smallest absolute Gasteiger partial charge is 0.321 e. The summed E-state index contributed by atoms with van der Waals surface area (Å²) in [5, 5.41) is 5.65. The second-order valence-corrected chi connectivity index (χ2v) is 10.6. The minimum Gasteiger partial charge on any atom is -0.326 e. The number of urea groups is 1. The number of amides is 3. The standard InChI is InChI=1S/C23H30N4O4S/c1-23(2,3)26-32(30,31)20-13-7-12-19(15-20)24-21(28)17-9-8-14-27(16-17)22(29)25-18-10-5-4-6-11-18/h4-7,10-13,15,17,26H,8-9,14,16H2,1-3H3,(H,24,28)(H,25,29)/t17-/m0/s1. The SMILES string of the molecule is CC(C)(C)NS(=O)(=O)c1cccc(NC(=O)[C@H]2CCCN(C(=O)Nc3ccccc3)C2)c1. The molecule has 1 heterocycles. The number of likely N-dealkylation sites (tertiary alicyclic amines) is 1. The quantitative estimate of drug-likeness (QED) is 0.636. The highest BCUT2D eigenvalue weighted by Gasteiger charge is 2.29. The third-order valence-corrected chi connectivity index (χ3v) is 6.71. The average molecular weight is 459 g/mol. The normalized spacial score (nSPS) is 17.0. The minimum atomic E-state index is -3.71. The molecule has 0 unspecified atom stereocenters. The first-order valence-corrected chi connectivity index (χ1v) is 12.1. The molecule has 3 amide bonds. The molecule has 8 nitrogen and oxygen atoms in total. The van der Waals surface area contributed by atoms with Crippen molar-refractivity contribution >= 4 is 33.3 Å². The maximum atomic E-state index is 12.8. The van der Waals surface area contributed by atoms with Crippen molar-refractivity contribution in [2.75, 3.05) is 23.7 Å². The van der Waals surface area contributed by atoms with Crippen molar-refractivity contribution in [3.05, 3.63) is 54.6 Å². The number of hydrogen-bond acceptors (Lipinski definition) is 4. The van der Waals surface area contributed by atoms with Gasteiger partial charge >= 0.3 is 6.03 Å². The van der Waals surface area contributed by atoms with Gasteiger partial charge in [-0.15, -0.1) is 0 Å². The number of hydrogen-bond donors (Lipinski definition) is 3. The van der Waals surface area contributed by atoms with Crippen LogP contribution in [0, 0.1) is 5.92 Å². The summed E-state index contributed by atoms with van der Waals surface area (Å²) in [6, 6.07) is 15.1. The van der Waals surface area contributed by atoms with E-state index in [2.05, 4.69) is 15.4 Å². The first-order chi connectivity index (χ1) is 15.0. The summed E-state index contributed by atoms with van der Waals surface area (Å²) in [6.45, 7) is 6.17. The van der Waals surface area contributed by atoms with Crippen LogP contribution in [-0.4, -0.2) is 43.9 Å². The van der Waals surface area contributed by atoms with Gasteiger partial charge in [0.25, 0.3) is 0 Å². The Balaban J connectivity index is 1.64. The Kier molecular flexibility index (Phi) is 7.20. The second kappa shape index (κ2) is 9.70. The molecule has 172 valence electrons. The van der Waals surface area contributed by atoms with Crippen LogP contribution < -0.4 is 15.4 Å². The number of carbonyl (C=O) groups is 2. The molecule has 1 atom stereocenters. The van der Waals surface area contributed by atoms with Gasteiger partial charge in [0.05, 0.1) is 10.8 Å². The molecule has 9 heteroatoms. The van der Waals surface area contributed by atoms with E-state index in [-0.39, 0.29) is 22.8 Å². The van der Waals surface area contributed by atoms with Crippen LogP contribution in [0.1, 0.15) is 33.6 Å². The molecule has 0 aromatic heterocycles. The second-order valence-electron chi connectivity index (χ2n) is 8.95. The molecular weight excluding hydrogens is 428 g/mol. The fraction of sp³-hybridized carbons (Fsp3) is 0.391. The lowest BCUT2D eigenvalue weighted by Gasteiger charge is -2.32. The van der Waals surface area contributed by atoms with Gasteiger partial charge in [0.2, 0.25) is 15.9 Å². The van der Waals surface area contributed by atoms with Crippen LogP contribution in [0.2, 0.25) is 0 Å². The summed E-state index contributed by atoms with van der Waals surface area (Å²) < 4.78 is 27.8. The first-order valence-electron chi connectivity index (χ1n) is 10.6. The molecule has 1 saturated heterocycles. The van der Waals surface area contributed by atoms with Gasteiger partial charge in [0.15, 0.2) is 0 Å². The van der Waals surface area contributed by atoms with Crippen LogP contribution in [0.3, 0.4) is 0 Å². The number of nitrogens with one attached hydrogen (secondary N) is 3. The molecule has 0 aliphatic carbocycles. The monoisotopic (exact) mass is 458 g/mol. The predicted molar refractivity (Wildman–Crippen MR) is 125 cm³/mol. The van der Waals surface area contributed by atoms with E-state index in [0.29, 0.717) is 37.3 Å². The van der Waals surface area contributed by atoms with Gasteiger partial charge in [0.1, 0.15) is 0 Å². The first kappa shape index (κ1) is 23.7. The minimum absolute atomic E-state index is 0.0812. The molecule has 1 aliphatic heterocycles. The zero-order valence-corrected chi connectivity index (χ0v) is 19.4. The maximum absolute atomic E-state index is 12.8. The maximum Gasteiger partial charge on any atom is 0.321 e. The Bertz CT molecular complexity index is 1060. The molecule has 3 rings (SSSR count). The molecule has 0 saturated carbocycles. The van der Waals surface area contributed by atoms with Gasteiger partial charge < -0.3 is 15.5 Å². The van der Waals surface area contributed by atoms with Gasteiger partial charge in [-0.25, -0.2) is 17.9 Å². The van der Waals surface area contributed by atoms with E-state index in [1.165, 1.54) is 12.1 Å². The van der Waals surface area contributed by atoms with Crippen molar-refractivity contribution in [3.63, 3.8) is 0 Å². The molecule has 2 aromatic rings. The summed E-state index contributed by atoms with van der Waals surface area (Å²) in [5.41, 5.74) is 0.479. The Morgan fingerprint density at radius 1 is 0.969 bits per heavy atom. The summed E-state index contributed by atoms with van der Waals surface area (Å²) in [4.78, 5) is 27.1. The fourth-order valence-corrected chi connectivity index (χ4v) is 5.01. The van der Waals surface area contributed by atoms with Crippen LogP contribution in [0.25, 0.3) is 0 Å². The van der Waals surface area contributed by atoms with Crippen molar-refractivity contribution in [2.45, 2.75) is 44.0 Å². The van der Waals surface area contributed by atoms with Crippen molar-refractivity contribution in [3.8, 4) is 0 Å². The van der Waals surface area contributed by atoms with Gasteiger partial charge in [-0.1, -0.05) is 24.3 Å². The predicted octanol–water partition coefficient (Wildman–Crippen LogP) is 3.65. The van der Waals surface area contributed by atoms with E-state index in [4.69, 9.17) is 0 Å². The number of rotatable bonds is 5. The topological polar surface area (TPSA) is 108 Å². The Morgan fingerprint density at radius 2 is 1.66 bits per heavy atom. The number of carbonyl (C=O) groups excluding carboxylic acids is 2. The van der Waals surface area contributed by atoms with Crippen molar-refractivity contribution < 1.29 is 18.0 Å². The van der Waals surface area contributed by atoms with Gasteiger partial charge in [0, 0.05) is 30.0 Å². The van der Waals surface area contributed by atoms with Gasteiger partial charge in [-0.3, -0.25) is 4.79 Å². The summed E-state index contributed by atoms with van der Waals surface area (Å²) in [7, 11) is -3.71. The molecular formula is C23H30N4O4S. The zero-order valence-electron chi connectivity index (χ0n) is 18.6. The molecule has 0 spiro atoms. The van der Waals surface area contributed by atoms with E-state index in [9.17, 15) is 18.0 Å². The van der Waals surface area contributed by atoms with Crippen LogP contribution in [0.15, 0.2) is 59.5 Å². The molecule has 1 aliphatic rings. The lowest BCUT2D eigenvalue weighted by atomic mass is 9.97. The highest BCUT2D eigenvalue weighted by atomic mass is 32.2. The number of anilines is 2. The van der Waals surface area contributed by atoms with E-state index in [0.717, 1.165) is 0 Å². The molecule has 3 N–H and O–H groups in total. The van der Waals surface area contributed by atoms with Crippen LogP contribution >= 0.6 is 0 Å². The van der Waals surface area contributed by atoms with Crippen LogP contribution in [0.4, 0.5) is 16.2 Å². The number of piperidine rings is 1. The van der Waals surface area contributed by atoms with Gasteiger partial charge in [-0.2, -0.15) is 0 Å². The lowest BCUT2D eigenvalue weighted by Crippen LogP contribution is -2.45. The van der Waals surface area contributed by atoms with E-state index >= 15 is 0 Å². The lowest BCUT2D eigenvalue weighted by molar-refractivity contribution is -0.121. The fourth-order valence-electron chi connectivity index (χ4n) is 3.55. The third-order valence-electron chi connectivity index (χ3n) is 4.96. The molecule has 0 radical (unpaired) electrons. The Hall–Kier alpha value is -2.91. The van der Waals surface area contributed by atoms with E-state index in [1.54, 1.807) is 37.8 Å². The zero-order chi connectivity index (χ0) is 23.4. The summed E-state index contributed by atoms with van der Waals surface area (Å²) in [5.74, 6) is -0.612. The highest BCUT2D eigenvalue weighted by molar-refractivity contribution is 7.89. The Labute approximate surface area is 189 Å². The number of nitrogens with zero attached hydrogens (tertiary/aromatic N) is 1. The average Bonchev–Trinajstić information content (AvgIpc) is 2.73. The van der Waals surface area contributed by atoms with E-state index < -0.39 is 15.6 Å². The molecule has 1 fully saturated rings. The third kappa shape index (κ3) is 6.54. The number of benzene rings is 2. The molecule has 32 heavy (non-hydrogen) atoms. The molecule has 0 bridgehead atoms. The van der Waals surface area contributed by atoms with E-state index in [1.807, 2.05) is 30.3 Å². The number of sulfonamides is 1. The number of para-hydroxylation sites is 1. The highest BCUT2D eigenvalue weighted by Crippen LogP contribution is 2.22. The molecule has 2 aromatic carbocycles. The summed E-state index contributed by atoms with van der Waals surface area (Å²) in [6.07, 6.45) is 1.37. The van der Waals surface area contributed by atoms with Crippen molar-refractivity contribution in [1.82, 2.24) is 9.62 Å². The van der Waals surface area contributed by atoms with Crippen LogP contribution in [-0.2, 0) is 14.8 Å². The Morgan fingerprint density at radius 3 is 2.34 bits per heavy atom. The van der Waals surface area contributed by atoms with Crippen molar-refractivity contribution in [1.29, 1.82) is 0 Å². The van der Waals surface area contributed by atoms with Gasteiger partial charge in [-0.05, 0) is 63.9 Å². The summed E-state index contributed by atoms with van der Waals surface area (Å²) >= 11 is 0. The van der Waals surface area contributed by atoms with Crippen molar-refractivity contribution in [2.24, 2.45) is 5.92 Å². The van der Waals surface area contributed by atoms with Crippen LogP contribution in [0.5, 0.6) is 0 Å².